The SMILES string of the molecule is CCNC(=O)c1noc(-c2cc(-c3ccc(F)cc3)c(O)cc2O)c1-c1ccc(CC2NCCOCC[I-]2)cc1. The third-order valence-corrected chi connectivity index (χ3v) is 9.55. The third kappa shape index (κ3) is 6.29. The van der Waals surface area contributed by atoms with E-state index in [9.17, 15) is 19.4 Å². The maximum absolute atomic E-state index is 13.5. The number of hydrogen-bond acceptors (Lipinski definition) is 7. The second-order valence-electron chi connectivity index (χ2n) is 9.27. The second kappa shape index (κ2) is 12.8. The first-order valence-corrected chi connectivity index (χ1v) is 15.8. The van der Waals surface area contributed by atoms with E-state index >= 15 is 0 Å². The molecule has 10 heteroatoms. The zero-order valence-electron chi connectivity index (χ0n) is 21.9. The summed E-state index contributed by atoms with van der Waals surface area (Å²) in [5.41, 5.74) is 3.55. The van der Waals surface area contributed by atoms with Crippen LogP contribution in [0.25, 0.3) is 33.6 Å². The molecule has 1 amide bonds. The Morgan fingerprint density at radius 1 is 1.05 bits per heavy atom. The normalized spacial score (nSPS) is 16.0. The number of nitrogens with zero attached hydrogens (tertiary/aromatic N) is 1. The number of alkyl halides is 2. The molecule has 0 aliphatic carbocycles. The van der Waals surface area contributed by atoms with Gasteiger partial charge in [0.2, 0.25) is 0 Å². The number of nitrogens with one attached hydrogen (secondary N) is 2. The molecule has 1 unspecified atom stereocenters. The molecule has 0 bridgehead atoms. The molecule has 4 aromatic rings. The van der Waals surface area contributed by atoms with Crippen molar-refractivity contribution in [3.05, 3.63) is 77.7 Å². The van der Waals surface area contributed by atoms with Gasteiger partial charge in [-0.05, 0) is 12.1 Å². The Hall–Kier alpha value is -3.48. The molecule has 8 nitrogen and oxygen atoms in total. The van der Waals surface area contributed by atoms with Crippen molar-refractivity contribution in [2.45, 2.75) is 17.4 Å². The summed E-state index contributed by atoms with van der Waals surface area (Å²) in [6, 6.07) is 16.3. The number of rotatable bonds is 7. The molecule has 2 heterocycles. The zero-order valence-corrected chi connectivity index (χ0v) is 24.1. The van der Waals surface area contributed by atoms with Crippen LogP contribution in [-0.4, -0.2) is 56.1 Å². The molecule has 1 saturated heterocycles. The first-order chi connectivity index (χ1) is 19.4. The Kier molecular flexibility index (Phi) is 8.98. The average Bonchev–Trinajstić information content (AvgIpc) is 3.36. The standard InChI is InChI=1S/C30H30FIN3O5/c1-2-33-30(38)28-27(20-5-3-18(4-6-20)15-26-32-11-13-39-14-12-34-26)29(40-35-28)23-16-22(24(36)17-25(23)37)19-7-9-21(31)10-8-19/h3-10,16-17,26,34,36-37H,2,11-15H2,1H3,(H,33,38)/q-1. The van der Waals surface area contributed by atoms with Gasteiger partial charge < -0.3 is 5.11 Å². The number of aromatic nitrogens is 1. The average molecular weight is 658 g/mol. The van der Waals surface area contributed by atoms with Crippen molar-refractivity contribution in [2.24, 2.45) is 0 Å². The van der Waals surface area contributed by atoms with Crippen molar-refractivity contribution in [1.82, 2.24) is 15.8 Å². The summed E-state index contributed by atoms with van der Waals surface area (Å²) < 4.78 is 26.3. The molecule has 40 heavy (non-hydrogen) atoms. The predicted molar refractivity (Wildman–Crippen MR) is 145 cm³/mol. The summed E-state index contributed by atoms with van der Waals surface area (Å²) in [4.78, 5) is 12.9. The predicted octanol–water partition coefficient (Wildman–Crippen LogP) is 1.55. The van der Waals surface area contributed by atoms with Crippen LogP contribution in [0.1, 0.15) is 23.0 Å². The molecule has 210 valence electrons. The summed E-state index contributed by atoms with van der Waals surface area (Å²) in [5.74, 6) is -1.06. The number of phenolic OH excluding ortho intramolecular Hbond substituents is 2. The van der Waals surface area contributed by atoms with Gasteiger partial charge in [0, 0.05) is 0 Å². The summed E-state index contributed by atoms with van der Waals surface area (Å²) in [7, 11) is 0. The number of ether oxygens (including phenoxy) is 1. The minimum atomic E-state index is -0.406. The van der Waals surface area contributed by atoms with Crippen LogP contribution >= 0.6 is 0 Å². The fourth-order valence-corrected chi connectivity index (χ4v) is 7.34. The van der Waals surface area contributed by atoms with Gasteiger partial charge in [0.1, 0.15) is 5.82 Å². The van der Waals surface area contributed by atoms with E-state index in [-0.39, 0.29) is 49.7 Å². The molecule has 1 aliphatic rings. The van der Waals surface area contributed by atoms with Crippen molar-refractivity contribution >= 4 is 5.91 Å². The second-order valence-corrected chi connectivity index (χ2v) is 12.7. The van der Waals surface area contributed by atoms with Gasteiger partial charge in [-0.3, -0.25) is 0 Å². The van der Waals surface area contributed by atoms with Gasteiger partial charge in [0.05, 0.1) is 0 Å². The van der Waals surface area contributed by atoms with Crippen LogP contribution in [0.2, 0.25) is 0 Å². The number of phenols is 2. The Morgan fingerprint density at radius 3 is 2.52 bits per heavy atom. The van der Waals surface area contributed by atoms with E-state index in [4.69, 9.17) is 9.26 Å². The fourth-order valence-electron chi connectivity index (χ4n) is 4.58. The number of benzene rings is 3. The van der Waals surface area contributed by atoms with Crippen molar-refractivity contribution in [1.29, 1.82) is 0 Å². The molecule has 0 saturated carbocycles. The van der Waals surface area contributed by atoms with Gasteiger partial charge in [-0.15, -0.1) is 0 Å². The van der Waals surface area contributed by atoms with Crippen molar-refractivity contribution in [2.75, 3.05) is 30.7 Å². The topological polar surface area (TPSA) is 117 Å². The Labute approximate surface area is 241 Å². The van der Waals surface area contributed by atoms with E-state index in [0.717, 1.165) is 30.6 Å². The molecular weight excluding hydrogens is 628 g/mol. The van der Waals surface area contributed by atoms with Crippen molar-refractivity contribution < 1.29 is 49.9 Å². The number of halogens is 2. The van der Waals surface area contributed by atoms with Crippen LogP contribution < -0.4 is 31.8 Å². The van der Waals surface area contributed by atoms with E-state index in [2.05, 4.69) is 15.8 Å². The van der Waals surface area contributed by atoms with Crippen LogP contribution in [0, 0.1) is 5.82 Å². The molecule has 1 fully saturated rings. The van der Waals surface area contributed by atoms with Crippen molar-refractivity contribution in [3.63, 3.8) is 0 Å². The van der Waals surface area contributed by atoms with E-state index < -0.39 is 11.7 Å². The molecule has 0 radical (unpaired) electrons. The maximum atomic E-state index is 13.5. The van der Waals surface area contributed by atoms with Gasteiger partial charge >= 0.3 is 203 Å². The van der Waals surface area contributed by atoms with Crippen LogP contribution in [0.5, 0.6) is 11.5 Å². The number of aromatic hydroxyl groups is 2. The van der Waals surface area contributed by atoms with Gasteiger partial charge in [-0.2, -0.15) is 0 Å². The molecule has 5 rings (SSSR count). The van der Waals surface area contributed by atoms with Gasteiger partial charge in [0.15, 0.2) is 0 Å². The number of hydrogen-bond donors (Lipinski definition) is 4. The summed E-state index contributed by atoms with van der Waals surface area (Å²) in [6.07, 6.45) is 0.910. The molecular formula is C30H30FIN3O5-. The van der Waals surface area contributed by atoms with E-state index in [1.165, 1.54) is 35.9 Å². The van der Waals surface area contributed by atoms with Crippen molar-refractivity contribution in [3.8, 4) is 45.1 Å². The molecule has 4 N–H and O–H groups in total. The van der Waals surface area contributed by atoms with E-state index in [0.29, 0.717) is 32.8 Å². The Balaban J connectivity index is 1.54. The van der Waals surface area contributed by atoms with Crippen LogP contribution in [0.4, 0.5) is 4.39 Å². The summed E-state index contributed by atoms with van der Waals surface area (Å²) in [5, 5.41) is 31.8. The number of amides is 1. The molecule has 1 aliphatic heterocycles. The zero-order chi connectivity index (χ0) is 28.1. The molecule has 0 spiro atoms. The van der Waals surface area contributed by atoms with E-state index in [1.807, 2.05) is 31.2 Å². The Morgan fingerprint density at radius 2 is 1.77 bits per heavy atom. The minimum absolute atomic E-state index is 0.0360. The van der Waals surface area contributed by atoms with E-state index in [1.54, 1.807) is 6.07 Å². The third-order valence-electron chi connectivity index (χ3n) is 6.54. The van der Waals surface area contributed by atoms with Gasteiger partial charge in [0.25, 0.3) is 0 Å². The first-order valence-electron chi connectivity index (χ1n) is 13.0. The first kappa shape index (κ1) is 28.1. The molecule has 3 aromatic carbocycles. The monoisotopic (exact) mass is 658 g/mol. The summed E-state index contributed by atoms with van der Waals surface area (Å²) in [6.45, 7) is 4.62. The van der Waals surface area contributed by atoms with Crippen LogP contribution in [-0.2, 0) is 11.2 Å². The Bertz CT molecular complexity index is 1470. The molecule has 1 atom stereocenters. The van der Waals surface area contributed by atoms with Gasteiger partial charge in [-0.1, -0.05) is 12.1 Å². The van der Waals surface area contributed by atoms with Crippen LogP contribution in [0.3, 0.4) is 0 Å². The summed E-state index contributed by atoms with van der Waals surface area (Å²) >= 11 is -0.0360. The van der Waals surface area contributed by atoms with Crippen LogP contribution in [0.15, 0.2) is 65.2 Å². The number of carbonyl (C=O) groups excluding carboxylic acids is 1. The molecule has 1 aromatic heterocycles. The fraction of sp³-hybridized carbons (Fsp3) is 0.267. The number of carbonyl (C=O) groups is 1. The quantitative estimate of drug-likeness (QED) is 0.135. The van der Waals surface area contributed by atoms with Gasteiger partial charge in [-0.25, -0.2) is 4.39 Å².